The summed E-state index contributed by atoms with van der Waals surface area (Å²) in [5, 5.41) is 0. The first kappa shape index (κ1) is 14.8. The Morgan fingerprint density at radius 3 is 2.86 bits per heavy atom. The van der Waals surface area contributed by atoms with Crippen molar-refractivity contribution >= 4 is 50.1 Å². The zero-order chi connectivity index (χ0) is 15.0. The van der Waals surface area contributed by atoms with E-state index in [9.17, 15) is 4.79 Å². The molecule has 108 valence electrons. The van der Waals surface area contributed by atoms with Gasteiger partial charge in [-0.05, 0) is 65.4 Å². The van der Waals surface area contributed by atoms with Crippen LogP contribution in [0, 0.1) is 3.57 Å². The summed E-state index contributed by atoms with van der Waals surface area (Å²) >= 11 is 5.71. The monoisotopic (exact) mass is 457 g/mol. The molecule has 1 amide bonds. The molecule has 0 N–H and O–H groups in total. The molecule has 3 nitrogen and oxygen atoms in total. The van der Waals surface area contributed by atoms with E-state index in [4.69, 9.17) is 4.74 Å². The van der Waals surface area contributed by atoms with Gasteiger partial charge in [0.05, 0.1) is 12.2 Å². The van der Waals surface area contributed by atoms with Crippen LogP contribution in [0.3, 0.4) is 0 Å². The predicted molar refractivity (Wildman–Crippen MR) is 94.6 cm³/mol. The van der Waals surface area contributed by atoms with Crippen molar-refractivity contribution in [3.8, 4) is 5.75 Å². The van der Waals surface area contributed by atoms with Gasteiger partial charge in [-0.25, -0.2) is 0 Å². The molecule has 2 aromatic rings. The van der Waals surface area contributed by atoms with Gasteiger partial charge < -0.3 is 9.64 Å². The van der Waals surface area contributed by atoms with Crippen LogP contribution in [0.4, 0.5) is 5.69 Å². The zero-order valence-corrected chi connectivity index (χ0v) is 15.1. The van der Waals surface area contributed by atoms with Gasteiger partial charge in [-0.3, -0.25) is 4.79 Å². The number of halogens is 2. The lowest BCUT2D eigenvalue weighted by atomic mass is 10.1. The van der Waals surface area contributed by atoms with Gasteiger partial charge in [0.25, 0.3) is 5.91 Å². The van der Waals surface area contributed by atoms with Crippen LogP contribution < -0.4 is 9.64 Å². The highest BCUT2D eigenvalue weighted by Crippen LogP contribution is 2.36. The largest absolute Gasteiger partial charge is 0.479 e. The molecule has 1 unspecified atom stereocenters. The number of anilines is 1. The summed E-state index contributed by atoms with van der Waals surface area (Å²) < 4.78 is 7.81. The quantitative estimate of drug-likeness (QED) is 0.627. The average molecular weight is 458 g/mol. The molecule has 0 saturated heterocycles. The number of hydrogen-bond donors (Lipinski definition) is 0. The minimum atomic E-state index is -0.456. The van der Waals surface area contributed by atoms with Crippen molar-refractivity contribution in [2.75, 3.05) is 4.90 Å². The summed E-state index contributed by atoms with van der Waals surface area (Å²) in [4.78, 5) is 14.2. The molecule has 1 atom stereocenters. The van der Waals surface area contributed by atoms with E-state index in [1.807, 2.05) is 42.5 Å². The lowest BCUT2D eigenvalue weighted by molar-refractivity contribution is -0.125. The molecule has 1 aliphatic heterocycles. The molecule has 1 aliphatic rings. The molecule has 0 fully saturated rings. The second kappa shape index (κ2) is 5.96. The summed E-state index contributed by atoms with van der Waals surface area (Å²) in [5.74, 6) is 0.757. The van der Waals surface area contributed by atoms with Crippen LogP contribution in [-0.2, 0) is 11.3 Å². The second-order valence-corrected chi connectivity index (χ2v) is 7.09. The number of nitrogens with zero attached hydrogens (tertiary/aromatic N) is 1. The van der Waals surface area contributed by atoms with Crippen LogP contribution in [0.2, 0.25) is 0 Å². The minimum absolute atomic E-state index is 0.0105. The maximum atomic E-state index is 12.4. The van der Waals surface area contributed by atoms with Gasteiger partial charge in [0.15, 0.2) is 6.10 Å². The second-order valence-electron chi connectivity index (χ2n) is 4.93. The SMILES string of the molecule is CC1Oc2cc(I)ccc2N(Cc2cccc(Br)c2)C1=O. The van der Waals surface area contributed by atoms with Crippen LogP contribution >= 0.6 is 38.5 Å². The molecule has 0 radical (unpaired) electrons. The zero-order valence-electron chi connectivity index (χ0n) is 11.3. The molecule has 5 heteroatoms. The van der Waals surface area contributed by atoms with Crippen LogP contribution in [-0.4, -0.2) is 12.0 Å². The van der Waals surface area contributed by atoms with Crippen molar-refractivity contribution in [2.45, 2.75) is 19.6 Å². The van der Waals surface area contributed by atoms with Crippen LogP contribution in [0.5, 0.6) is 5.75 Å². The van der Waals surface area contributed by atoms with E-state index in [0.717, 1.165) is 25.0 Å². The number of amides is 1. The average Bonchev–Trinajstić information content (AvgIpc) is 2.44. The summed E-state index contributed by atoms with van der Waals surface area (Å²) in [6.45, 7) is 2.33. The van der Waals surface area contributed by atoms with E-state index in [1.54, 1.807) is 11.8 Å². The van der Waals surface area contributed by atoms with E-state index in [2.05, 4.69) is 38.5 Å². The first-order valence-electron chi connectivity index (χ1n) is 6.56. The van der Waals surface area contributed by atoms with Gasteiger partial charge in [0.2, 0.25) is 0 Å². The first-order chi connectivity index (χ1) is 10.0. The molecular weight excluding hydrogens is 445 g/mol. The Labute approximate surface area is 145 Å². The number of fused-ring (bicyclic) bond motifs is 1. The van der Waals surface area contributed by atoms with E-state index >= 15 is 0 Å². The number of benzene rings is 2. The highest BCUT2D eigenvalue weighted by molar-refractivity contribution is 14.1. The van der Waals surface area contributed by atoms with Gasteiger partial charge >= 0.3 is 0 Å². The Bertz CT molecular complexity index is 704. The molecule has 0 aromatic heterocycles. The standard InChI is InChI=1S/C16H13BrINO2/c1-10-16(20)19(9-11-3-2-4-12(17)7-11)14-6-5-13(18)8-15(14)21-10/h2-8,10H,9H2,1H3. The van der Waals surface area contributed by atoms with Gasteiger partial charge in [-0.2, -0.15) is 0 Å². The summed E-state index contributed by atoms with van der Waals surface area (Å²) in [6.07, 6.45) is -0.456. The molecule has 21 heavy (non-hydrogen) atoms. The minimum Gasteiger partial charge on any atom is -0.479 e. The molecule has 0 spiro atoms. The van der Waals surface area contributed by atoms with E-state index in [-0.39, 0.29) is 5.91 Å². The summed E-state index contributed by atoms with van der Waals surface area (Å²) in [6, 6.07) is 13.9. The fraction of sp³-hybridized carbons (Fsp3) is 0.188. The highest BCUT2D eigenvalue weighted by atomic mass is 127. The Morgan fingerprint density at radius 1 is 1.29 bits per heavy atom. The van der Waals surface area contributed by atoms with Gasteiger partial charge in [-0.1, -0.05) is 28.1 Å². The van der Waals surface area contributed by atoms with Crippen LogP contribution in [0.1, 0.15) is 12.5 Å². The topological polar surface area (TPSA) is 29.5 Å². The van der Waals surface area contributed by atoms with Crippen LogP contribution in [0.25, 0.3) is 0 Å². The van der Waals surface area contributed by atoms with Crippen molar-refractivity contribution in [3.63, 3.8) is 0 Å². The molecule has 0 saturated carbocycles. The summed E-state index contributed by atoms with van der Waals surface area (Å²) in [5.41, 5.74) is 1.91. The molecular formula is C16H13BrINO2. The van der Waals surface area contributed by atoms with Gasteiger partial charge in [0.1, 0.15) is 5.75 Å². The highest BCUT2D eigenvalue weighted by Gasteiger charge is 2.31. The fourth-order valence-electron chi connectivity index (χ4n) is 2.37. The van der Waals surface area contributed by atoms with Crippen molar-refractivity contribution < 1.29 is 9.53 Å². The Kier molecular flexibility index (Phi) is 4.21. The number of rotatable bonds is 2. The van der Waals surface area contributed by atoms with Crippen LogP contribution in [0.15, 0.2) is 46.9 Å². The Balaban J connectivity index is 1.99. The van der Waals surface area contributed by atoms with Crippen molar-refractivity contribution in [2.24, 2.45) is 0 Å². The molecule has 1 heterocycles. The van der Waals surface area contributed by atoms with Crippen molar-refractivity contribution in [1.29, 1.82) is 0 Å². The smallest absolute Gasteiger partial charge is 0.268 e. The van der Waals surface area contributed by atoms with Gasteiger partial charge in [-0.15, -0.1) is 0 Å². The third kappa shape index (κ3) is 3.08. The van der Waals surface area contributed by atoms with E-state index in [0.29, 0.717) is 6.54 Å². The Hall–Kier alpha value is -1.08. The molecule has 0 bridgehead atoms. The fourth-order valence-corrected chi connectivity index (χ4v) is 3.27. The van der Waals surface area contributed by atoms with Crippen molar-refractivity contribution in [1.82, 2.24) is 0 Å². The third-order valence-corrected chi connectivity index (χ3v) is 4.52. The third-order valence-electron chi connectivity index (χ3n) is 3.36. The lowest BCUT2D eigenvalue weighted by Crippen LogP contribution is -2.44. The number of hydrogen-bond acceptors (Lipinski definition) is 2. The maximum absolute atomic E-state index is 12.4. The lowest BCUT2D eigenvalue weighted by Gasteiger charge is -2.33. The van der Waals surface area contributed by atoms with Crippen molar-refractivity contribution in [3.05, 3.63) is 56.1 Å². The van der Waals surface area contributed by atoms with Gasteiger partial charge in [0, 0.05) is 8.04 Å². The van der Waals surface area contributed by atoms with E-state index in [1.165, 1.54) is 0 Å². The maximum Gasteiger partial charge on any atom is 0.268 e. The van der Waals surface area contributed by atoms with E-state index < -0.39 is 6.10 Å². The number of ether oxygens (including phenoxy) is 1. The Morgan fingerprint density at radius 2 is 2.10 bits per heavy atom. The normalized spacial score (nSPS) is 17.4. The predicted octanol–water partition coefficient (Wildman–Crippen LogP) is 4.37. The molecule has 3 rings (SSSR count). The number of carbonyl (C=O) groups is 1. The molecule has 2 aromatic carbocycles. The number of carbonyl (C=O) groups excluding carboxylic acids is 1. The summed E-state index contributed by atoms with van der Waals surface area (Å²) in [7, 11) is 0. The first-order valence-corrected chi connectivity index (χ1v) is 8.44. The molecule has 0 aliphatic carbocycles.